The smallest absolute Gasteiger partial charge is 0.0119 e. The van der Waals surface area contributed by atoms with E-state index in [9.17, 15) is 0 Å². The molecule has 0 heterocycles. The summed E-state index contributed by atoms with van der Waals surface area (Å²) in [5.74, 6) is 0. The number of rotatable bonds is 0. The van der Waals surface area contributed by atoms with Gasteiger partial charge in [-0.25, -0.2) is 0 Å². The third kappa shape index (κ3) is 1.55. The van der Waals surface area contributed by atoms with E-state index < -0.39 is 0 Å². The zero-order valence-electron chi connectivity index (χ0n) is 11.8. The summed E-state index contributed by atoms with van der Waals surface area (Å²) in [5, 5.41) is 8.06. The largest absolute Gasteiger partial charge is 0.0616 e. The topological polar surface area (TPSA) is 0 Å². The molecule has 0 spiro atoms. The lowest BCUT2D eigenvalue weighted by Crippen LogP contribution is -1.86. The predicted molar refractivity (Wildman–Crippen MR) is 88.4 cm³/mol. The minimum Gasteiger partial charge on any atom is -0.0616 e. The minimum absolute atomic E-state index is 1.31. The van der Waals surface area contributed by atoms with E-state index in [0.717, 1.165) is 0 Å². The zero-order valence-corrected chi connectivity index (χ0v) is 11.8. The third-order valence-electron chi connectivity index (χ3n) is 4.31. The monoisotopic (exact) mass is 256 g/mol. The van der Waals surface area contributed by atoms with Crippen LogP contribution in [0.1, 0.15) is 11.1 Å². The number of hydrogen-bond acceptors (Lipinski definition) is 0. The van der Waals surface area contributed by atoms with Gasteiger partial charge in [0.15, 0.2) is 0 Å². The van der Waals surface area contributed by atoms with E-state index in [1.54, 1.807) is 0 Å². The van der Waals surface area contributed by atoms with Gasteiger partial charge in [0.2, 0.25) is 0 Å². The van der Waals surface area contributed by atoms with Gasteiger partial charge in [0.1, 0.15) is 0 Å². The standard InChI is InChI=1S/C20H16/c1-13-6-5-9-17-11-18-10-15-7-3-4-8-16(15)12-19(18)14(2)20(13)17/h3-12H,1-2H3. The van der Waals surface area contributed by atoms with Crippen LogP contribution in [-0.4, -0.2) is 0 Å². The van der Waals surface area contributed by atoms with Crippen LogP contribution in [0.15, 0.2) is 60.7 Å². The van der Waals surface area contributed by atoms with Gasteiger partial charge in [-0.3, -0.25) is 0 Å². The second-order valence-electron chi connectivity index (χ2n) is 5.60. The fraction of sp³-hybridized carbons (Fsp3) is 0.100. The van der Waals surface area contributed by atoms with Crippen LogP contribution in [-0.2, 0) is 0 Å². The molecule has 0 nitrogen and oxygen atoms in total. The molecule has 96 valence electrons. The Kier molecular flexibility index (Phi) is 2.34. The molecule has 0 aliphatic heterocycles. The predicted octanol–water partition coefficient (Wildman–Crippen LogP) is 5.76. The van der Waals surface area contributed by atoms with Crippen LogP contribution >= 0.6 is 0 Å². The Balaban J connectivity index is 2.26. The number of aryl methyl sites for hydroxylation is 2. The second kappa shape index (κ2) is 4.08. The van der Waals surface area contributed by atoms with Crippen molar-refractivity contribution in [1.82, 2.24) is 0 Å². The maximum absolute atomic E-state index is 2.33. The van der Waals surface area contributed by atoms with Gasteiger partial charge in [-0.1, -0.05) is 42.5 Å². The van der Waals surface area contributed by atoms with E-state index in [4.69, 9.17) is 0 Å². The molecule has 0 saturated carbocycles. The van der Waals surface area contributed by atoms with Crippen molar-refractivity contribution in [1.29, 1.82) is 0 Å². The maximum atomic E-state index is 2.33. The molecule has 0 unspecified atom stereocenters. The molecule has 0 aliphatic rings. The van der Waals surface area contributed by atoms with E-state index in [1.807, 2.05) is 0 Å². The fourth-order valence-electron chi connectivity index (χ4n) is 3.33. The van der Waals surface area contributed by atoms with Crippen molar-refractivity contribution in [3.8, 4) is 0 Å². The lowest BCUT2D eigenvalue weighted by Gasteiger charge is -2.11. The Morgan fingerprint density at radius 1 is 0.600 bits per heavy atom. The minimum atomic E-state index is 1.31. The summed E-state index contributed by atoms with van der Waals surface area (Å²) in [5.41, 5.74) is 2.75. The molecule has 0 saturated heterocycles. The van der Waals surface area contributed by atoms with Gasteiger partial charge in [0, 0.05) is 0 Å². The molecule has 0 aliphatic carbocycles. The van der Waals surface area contributed by atoms with Gasteiger partial charge in [-0.15, -0.1) is 0 Å². The highest BCUT2D eigenvalue weighted by molar-refractivity contribution is 6.08. The summed E-state index contributed by atoms with van der Waals surface area (Å²) in [6.45, 7) is 4.44. The molecule has 0 atom stereocenters. The Bertz CT molecular complexity index is 962. The van der Waals surface area contributed by atoms with Crippen molar-refractivity contribution >= 4 is 32.3 Å². The highest BCUT2D eigenvalue weighted by Gasteiger charge is 2.07. The quantitative estimate of drug-likeness (QED) is 0.351. The summed E-state index contributed by atoms with van der Waals surface area (Å²) in [7, 11) is 0. The van der Waals surface area contributed by atoms with Gasteiger partial charge >= 0.3 is 0 Å². The summed E-state index contributed by atoms with van der Waals surface area (Å²) >= 11 is 0. The summed E-state index contributed by atoms with van der Waals surface area (Å²) < 4.78 is 0. The maximum Gasteiger partial charge on any atom is -0.0119 e. The van der Waals surface area contributed by atoms with E-state index >= 15 is 0 Å². The Hall–Kier alpha value is -2.34. The van der Waals surface area contributed by atoms with Crippen LogP contribution in [0, 0.1) is 13.8 Å². The molecule has 0 radical (unpaired) electrons. The Morgan fingerprint density at radius 2 is 1.25 bits per heavy atom. The zero-order chi connectivity index (χ0) is 13.7. The van der Waals surface area contributed by atoms with Crippen molar-refractivity contribution in [3.63, 3.8) is 0 Å². The van der Waals surface area contributed by atoms with Crippen LogP contribution in [0.4, 0.5) is 0 Å². The molecular formula is C20H16. The van der Waals surface area contributed by atoms with Crippen LogP contribution in [0.5, 0.6) is 0 Å². The average molecular weight is 256 g/mol. The molecular weight excluding hydrogens is 240 g/mol. The first kappa shape index (κ1) is 11.5. The first-order valence-electron chi connectivity index (χ1n) is 7.05. The molecule has 0 fully saturated rings. The SMILES string of the molecule is Cc1cccc2cc3cc4ccccc4cc3c(C)c12. The van der Waals surface area contributed by atoms with Crippen LogP contribution in [0.2, 0.25) is 0 Å². The van der Waals surface area contributed by atoms with Crippen molar-refractivity contribution in [3.05, 3.63) is 71.8 Å². The molecule has 0 aromatic heterocycles. The first-order valence-corrected chi connectivity index (χ1v) is 7.05. The highest BCUT2D eigenvalue weighted by Crippen LogP contribution is 2.32. The van der Waals surface area contributed by atoms with E-state index in [2.05, 4.69) is 74.5 Å². The van der Waals surface area contributed by atoms with Crippen molar-refractivity contribution in [2.24, 2.45) is 0 Å². The summed E-state index contributed by atoms with van der Waals surface area (Å²) in [6.07, 6.45) is 0. The molecule has 4 aromatic rings. The average Bonchev–Trinajstić information content (AvgIpc) is 2.46. The van der Waals surface area contributed by atoms with Crippen LogP contribution in [0.3, 0.4) is 0 Å². The molecule has 4 rings (SSSR count). The lowest BCUT2D eigenvalue weighted by molar-refractivity contribution is 1.49. The van der Waals surface area contributed by atoms with Crippen molar-refractivity contribution in [2.75, 3.05) is 0 Å². The molecule has 0 N–H and O–H groups in total. The van der Waals surface area contributed by atoms with Gasteiger partial charge in [-0.2, -0.15) is 0 Å². The van der Waals surface area contributed by atoms with Crippen molar-refractivity contribution < 1.29 is 0 Å². The fourth-order valence-corrected chi connectivity index (χ4v) is 3.33. The number of benzene rings is 4. The molecule has 0 heteroatoms. The van der Waals surface area contributed by atoms with E-state index in [1.165, 1.54) is 43.4 Å². The second-order valence-corrected chi connectivity index (χ2v) is 5.60. The van der Waals surface area contributed by atoms with Crippen molar-refractivity contribution in [2.45, 2.75) is 13.8 Å². The summed E-state index contributed by atoms with van der Waals surface area (Å²) in [6, 6.07) is 22.1. The van der Waals surface area contributed by atoms with Gasteiger partial charge in [0.25, 0.3) is 0 Å². The Labute approximate surface area is 118 Å². The molecule has 4 aromatic carbocycles. The van der Waals surface area contributed by atoms with E-state index in [-0.39, 0.29) is 0 Å². The van der Waals surface area contributed by atoms with Gasteiger partial charge in [-0.05, 0) is 75.5 Å². The molecule has 0 amide bonds. The van der Waals surface area contributed by atoms with Crippen LogP contribution in [0.25, 0.3) is 32.3 Å². The molecule has 20 heavy (non-hydrogen) atoms. The Morgan fingerprint density at radius 3 is 2.05 bits per heavy atom. The van der Waals surface area contributed by atoms with Gasteiger partial charge < -0.3 is 0 Å². The first-order chi connectivity index (χ1) is 9.74. The normalized spacial score (nSPS) is 11.5. The summed E-state index contributed by atoms with van der Waals surface area (Å²) in [4.78, 5) is 0. The van der Waals surface area contributed by atoms with E-state index in [0.29, 0.717) is 0 Å². The lowest BCUT2D eigenvalue weighted by atomic mass is 9.93. The highest BCUT2D eigenvalue weighted by atomic mass is 14.1. The van der Waals surface area contributed by atoms with Gasteiger partial charge in [0.05, 0.1) is 0 Å². The number of fused-ring (bicyclic) bond motifs is 3. The third-order valence-corrected chi connectivity index (χ3v) is 4.31. The molecule has 0 bridgehead atoms. The number of hydrogen-bond donors (Lipinski definition) is 0. The van der Waals surface area contributed by atoms with Crippen LogP contribution < -0.4 is 0 Å².